The van der Waals surface area contributed by atoms with Crippen LogP contribution in [0.4, 0.5) is 0 Å². The van der Waals surface area contributed by atoms with Crippen molar-refractivity contribution in [2.45, 2.75) is 42.5 Å². The van der Waals surface area contributed by atoms with Crippen LogP contribution in [-0.2, 0) is 14.8 Å². The molecule has 21 heavy (non-hydrogen) atoms. The molecule has 3 rings (SSSR count). The van der Waals surface area contributed by atoms with Crippen molar-refractivity contribution < 1.29 is 17.9 Å². The van der Waals surface area contributed by atoms with Crippen molar-refractivity contribution >= 4 is 15.8 Å². The van der Waals surface area contributed by atoms with E-state index in [1.807, 2.05) is 0 Å². The summed E-state index contributed by atoms with van der Waals surface area (Å²) < 4.78 is 32.2. The third-order valence-corrected chi connectivity index (χ3v) is 6.57. The largest absolute Gasteiger partial charge is 0.497 e. The maximum Gasteiger partial charge on any atom is 0.243 e. The van der Waals surface area contributed by atoms with E-state index in [4.69, 9.17) is 4.74 Å². The first-order valence-electron chi connectivity index (χ1n) is 7.21. The number of carbonyl (C=O) groups excluding carboxylic acids is 1. The smallest absolute Gasteiger partial charge is 0.243 e. The molecule has 2 fully saturated rings. The summed E-state index contributed by atoms with van der Waals surface area (Å²) in [5.41, 5.74) is -0.779. The van der Waals surface area contributed by atoms with Gasteiger partial charge in [0.15, 0.2) is 5.78 Å². The van der Waals surface area contributed by atoms with Gasteiger partial charge >= 0.3 is 0 Å². The van der Waals surface area contributed by atoms with E-state index in [0.717, 1.165) is 12.8 Å². The van der Waals surface area contributed by atoms with Crippen molar-refractivity contribution in [1.29, 1.82) is 0 Å². The fourth-order valence-electron chi connectivity index (χ4n) is 3.52. The summed E-state index contributed by atoms with van der Waals surface area (Å²) in [6.45, 7) is 0.431. The minimum absolute atomic E-state index is 0.0806. The van der Waals surface area contributed by atoms with Crippen LogP contribution in [0.15, 0.2) is 29.2 Å². The van der Waals surface area contributed by atoms with Crippen molar-refractivity contribution in [2.75, 3.05) is 13.7 Å². The lowest BCUT2D eigenvalue weighted by molar-refractivity contribution is -0.124. The third kappa shape index (κ3) is 2.17. The zero-order valence-corrected chi connectivity index (χ0v) is 12.9. The second-order valence-electron chi connectivity index (χ2n) is 5.66. The van der Waals surface area contributed by atoms with Crippen LogP contribution in [0.5, 0.6) is 5.75 Å². The summed E-state index contributed by atoms with van der Waals surface area (Å²) in [5, 5.41) is 0. The van der Waals surface area contributed by atoms with Crippen LogP contribution in [0.3, 0.4) is 0 Å². The fraction of sp³-hybridized carbons (Fsp3) is 0.533. The quantitative estimate of drug-likeness (QED) is 0.856. The van der Waals surface area contributed by atoms with Crippen molar-refractivity contribution in [3.05, 3.63) is 24.3 Å². The van der Waals surface area contributed by atoms with Gasteiger partial charge in [0.1, 0.15) is 5.75 Å². The molecule has 0 bridgehead atoms. The van der Waals surface area contributed by atoms with Crippen LogP contribution >= 0.6 is 0 Å². The molecule has 1 heterocycles. The third-order valence-electron chi connectivity index (χ3n) is 4.59. The minimum atomic E-state index is -3.63. The van der Waals surface area contributed by atoms with E-state index in [9.17, 15) is 13.2 Å². The highest BCUT2D eigenvalue weighted by Gasteiger charge is 2.54. The SMILES string of the molecule is COc1ccc(S(=O)(=O)N2CCCC23CCCC3=O)cc1. The predicted molar refractivity (Wildman–Crippen MR) is 77.7 cm³/mol. The first kappa shape index (κ1) is 14.5. The molecular weight excluding hydrogens is 290 g/mol. The number of Topliss-reactive ketones (excluding diaryl/α,β-unsaturated/α-hetero) is 1. The number of rotatable bonds is 3. The molecule has 114 valence electrons. The molecule has 1 unspecified atom stereocenters. The Hall–Kier alpha value is -1.40. The van der Waals surface area contributed by atoms with Gasteiger partial charge in [-0.05, 0) is 49.9 Å². The Morgan fingerprint density at radius 2 is 1.81 bits per heavy atom. The second kappa shape index (κ2) is 5.10. The van der Waals surface area contributed by atoms with Crippen molar-refractivity contribution in [1.82, 2.24) is 4.31 Å². The molecule has 1 aromatic rings. The molecule has 6 heteroatoms. The average molecular weight is 309 g/mol. The van der Waals surface area contributed by atoms with Gasteiger partial charge in [-0.1, -0.05) is 0 Å². The highest BCUT2D eigenvalue weighted by molar-refractivity contribution is 7.89. The molecule has 0 radical (unpaired) electrons. The first-order chi connectivity index (χ1) is 10.0. The van der Waals surface area contributed by atoms with Gasteiger partial charge in [0, 0.05) is 13.0 Å². The molecule has 0 amide bonds. The van der Waals surface area contributed by atoms with Gasteiger partial charge in [0.25, 0.3) is 0 Å². The van der Waals surface area contributed by atoms with Crippen molar-refractivity contribution in [2.24, 2.45) is 0 Å². The number of benzene rings is 1. The summed E-state index contributed by atoms with van der Waals surface area (Å²) in [4.78, 5) is 12.5. The van der Waals surface area contributed by atoms with Crippen molar-refractivity contribution in [3.63, 3.8) is 0 Å². The molecule has 1 saturated heterocycles. The molecule has 1 aliphatic heterocycles. The predicted octanol–water partition coefficient (Wildman–Crippen LogP) is 1.97. The Kier molecular flexibility index (Phi) is 3.53. The molecule has 1 spiro atoms. The summed E-state index contributed by atoms with van der Waals surface area (Å²) in [6, 6.07) is 6.34. The molecule has 2 aliphatic rings. The molecule has 1 atom stereocenters. The number of hydrogen-bond donors (Lipinski definition) is 0. The van der Waals surface area contributed by atoms with Gasteiger partial charge in [0.05, 0.1) is 17.5 Å². The van der Waals surface area contributed by atoms with Gasteiger partial charge < -0.3 is 4.74 Å². The number of ketones is 1. The van der Waals surface area contributed by atoms with Gasteiger partial charge in [-0.3, -0.25) is 4.79 Å². The Morgan fingerprint density at radius 1 is 1.14 bits per heavy atom. The Bertz CT molecular complexity index is 649. The molecule has 5 nitrogen and oxygen atoms in total. The normalized spacial score (nSPS) is 26.6. The lowest BCUT2D eigenvalue weighted by Gasteiger charge is -2.32. The molecule has 1 saturated carbocycles. The molecular formula is C15H19NO4S. The summed E-state index contributed by atoms with van der Waals surface area (Å²) in [7, 11) is -2.09. The monoisotopic (exact) mass is 309 g/mol. The zero-order chi connectivity index (χ0) is 15.1. The number of nitrogens with zero attached hydrogens (tertiary/aromatic N) is 1. The topological polar surface area (TPSA) is 63.7 Å². The van der Waals surface area contributed by atoms with Crippen LogP contribution in [-0.4, -0.2) is 37.7 Å². The maximum absolute atomic E-state index is 12.9. The fourth-order valence-corrected chi connectivity index (χ4v) is 5.37. The lowest BCUT2D eigenvalue weighted by atomic mass is 9.95. The number of ether oxygens (including phenoxy) is 1. The van der Waals surface area contributed by atoms with Gasteiger partial charge in [-0.15, -0.1) is 0 Å². The van der Waals surface area contributed by atoms with E-state index in [2.05, 4.69) is 0 Å². The van der Waals surface area contributed by atoms with Gasteiger partial charge in [-0.2, -0.15) is 4.31 Å². The molecule has 0 aromatic heterocycles. The lowest BCUT2D eigenvalue weighted by Crippen LogP contribution is -2.50. The highest BCUT2D eigenvalue weighted by atomic mass is 32.2. The van der Waals surface area contributed by atoms with Gasteiger partial charge in [0.2, 0.25) is 10.0 Å². The van der Waals surface area contributed by atoms with E-state index >= 15 is 0 Å². The van der Waals surface area contributed by atoms with E-state index in [1.54, 1.807) is 24.3 Å². The van der Waals surface area contributed by atoms with Crippen LogP contribution < -0.4 is 4.74 Å². The van der Waals surface area contributed by atoms with E-state index in [1.165, 1.54) is 11.4 Å². The van der Waals surface area contributed by atoms with Crippen molar-refractivity contribution in [3.8, 4) is 5.75 Å². The summed E-state index contributed by atoms with van der Waals surface area (Å²) in [6.07, 6.45) is 3.34. The Labute approximate surface area is 124 Å². The van der Waals surface area contributed by atoms with E-state index in [-0.39, 0.29) is 10.7 Å². The van der Waals surface area contributed by atoms with Gasteiger partial charge in [-0.25, -0.2) is 8.42 Å². The van der Waals surface area contributed by atoms with Crippen LogP contribution in [0.2, 0.25) is 0 Å². The zero-order valence-electron chi connectivity index (χ0n) is 12.0. The number of carbonyl (C=O) groups is 1. The second-order valence-corrected chi connectivity index (χ2v) is 7.53. The van der Waals surface area contributed by atoms with Crippen LogP contribution in [0.1, 0.15) is 32.1 Å². The number of methoxy groups -OCH3 is 1. The highest BCUT2D eigenvalue weighted by Crippen LogP contribution is 2.43. The molecule has 1 aliphatic carbocycles. The maximum atomic E-state index is 12.9. The molecule has 1 aromatic carbocycles. The first-order valence-corrected chi connectivity index (χ1v) is 8.65. The Morgan fingerprint density at radius 3 is 2.38 bits per heavy atom. The minimum Gasteiger partial charge on any atom is -0.497 e. The van der Waals surface area contributed by atoms with Crippen LogP contribution in [0.25, 0.3) is 0 Å². The number of sulfonamides is 1. The Balaban J connectivity index is 1.99. The molecule has 0 N–H and O–H groups in total. The van der Waals surface area contributed by atoms with Crippen LogP contribution in [0, 0.1) is 0 Å². The number of hydrogen-bond acceptors (Lipinski definition) is 4. The summed E-state index contributed by atoms with van der Waals surface area (Å²) in [5.74, 6) is 0.694. The van der Waals surface area contributed by atoms with E-state index < -0.39 is 15.6 Å². The average Bonchev–Trinajstić information content (AvgIpc) is 3.08. The van der Waals surface area contributed by atoms with E-state index in [0.29, 0.717) is 31.6 Å². The summed E-state index contributed by atoms with van der Waals surface area (Å²) >= 11 is 0. The standard InChI is InChI=1S/C15H19NO4S/c1-20-12-5-7-13(8-6-12)21(18,19)16-11-3-10-15(16)9-2-4-14(15)17/h5-8H,2-4,9-11H2,1H3.